The van der Waals surface area contributed by atoms with Crippen molar-refractivity contribution >= 4 is 5.91 Å². The van der Waals surface area contributed by atoms with Crippen LogP contribution in [0.3, 0.4) is 0 Å². The molecule has 0 radical (unpaired) electrons. The van der Waals surface area contributed by atoms with Gasteiger partial charge in [-0.2, -0.15) is 0 Å². The predicted molar refractivity (Wildman–Crippen MR) is 53.5 cm³/mol. The van der Waals surface area contributed by atoms with Crippen molar-refractivity contribution < 1.29 is 9.18 Å². The van der Waals surface area contributed by atoms with Crippen LogP contribution in [0.4, 0.5) is 4.39 Å². The minimum Gasteiger partial charge on any atom is -0.338 e. The van der Waals surface area contributed by atoms with Gasteiger partial charge in [-0.3, -0.25) is 4.79 Å². The lowest BCUT2D eigenvalue weighted by Crippen LogP contribution is -2.46. The van der Waals surface area contributed by atoms with E-state index < -0.39 is 12.2 Å². The Balaban J connectivity index is 2.48. The lowest BCUT2D eigenvalue weighted by Gasteiger charge is -2.23. The zero-order valence-corrected chi connectivity index (χ0v) is 8.87. The maximum absolute atomic E-state index is 12.8. The lowest BCUT2D eigenvalue weighted by molar-refractivity contribution is -0.132. The fourth-order valence-electron chi connectivity index (χ4n) is 1.63. The number of amides is 1. The number of carbonyl (C=O) groups excluding carboxylic acids is 1. The van der Waals surface area contributed by atoms with Crippen molar-refractivity contribution in [3.8, 4) is 0 Å². The molecule has 1 rings (SSSR count). The monoisotopic (exact) mass is 202 g/mol. The summed E-state index contributed by atoms with van der Waals surface area (Å²) in [5.74, 6) is 0.0701. The van der Waals surface area contributed by atoms with Crippen molar-refractivity contribution in [2.45, 2.75) is 38.9 Å². The number of nitrogens with two attached hydrogens (primary N) is 1. The summed E-state index contributed by atoms with van der Waals surface area (Å²) < 4.78 is 12.8. The van der Waals surface area contributed by atoms with Crippen LogP contribution in [-0.2, 0) is 4.79 Å². The number of carbonyl (C=O) groups is 1. The van der Waals surface area contributed by atoms with E-state index in [1.54, 1.807) is 4.90 Å². The van der Waals surface area contributed by atoms with Crippen LogP contribution >= 0.6 is 0 Å². The second-order valence-corrected chi connectivity index (χ2v) is 4.08. The summed E-state index contributed by atoms with van der Waals surface area (Å²) in [5.41, 5.74) is 5.78. The zero-order chi connectivity index (χ0) is 10.7. The van der Waals surface area contributed by atoms with Crippen molar-refractivity contribution in [1.29, 1.82) is 0 Å². The van der Waals surface area contributed by atoms with Crippen LogP contribution < -0.4 is 5.73 Å². The molecule has 1 fully saturated rings. The topological polar surface area (TPSA) is 46.3 Å². The number of likely N-dealkylation sites (tertiary alicyclic amines) is 1. The van der Waals surface area contributed by atoms with E-state index in [4.69, 9.17) is 5.73 Å². The molecular weight excluding hydrogens is 183 g/mol. The minimum absolute atomic E-state index is 0.0977. The van der Waals surface area contributed by atoms with Crippen molar-refractivity contribution in [2.24, 2.45) is 11.7 Å². The second kappa shape index (κ2) is 4.73. The number of alkyl halides is 1. The van der Waals surface area contributed by atoms with Crippen LogP contribution in [0.15, 0.2) is 0 Å². The van der Waals surface area contributed by atoms with Crippen molar-refractivity contribution in [3.63, 3.8) is 0 Å². The zero-order valence-electron chi connectivity index (χ0n) is 8.87. The third-order valence-electron chi connectivity index (χ3n) is 2.98. The van der Waals surface area contributed by atoms with Gasteiger partial charge in [0, 0.05) is 6.54 Å². The molecule has 0 saturated carbocycles. The van der Waals surface area contributed by atoms with Gasteiger partial charge in [-0.15, -0.1) is 0 Å². The van der Waals surface area contributed by atoms with Gasteiger partial charge in [-0.25, -0.2) is 4.39 Å². The van der Waals surface area contributed by atoms with Gasteiger partial charge in [-0.05, 0) is 12.3 Å². The first kappa shape index (κ1) is 11.4. The lowest BCUT2D eigenvalue weighted by atomic mass is 9.99. The van der Waals surface area contributed by atoms with Gasteiger partial charge in [0.1, 0.15) is 6.17 Å². The minimum atomic E-state index is -0.858. The molecule has 0 aliphatic carbocycles. The number of hydrogen-bond donors (Lipinski definition) is 1. The van der Waals surface area contributed by atoms with E-state index >= 15 is 0 Å². The Morgan fingerprint density at radius 3 is 2.79 bits per heavy atom. The Labute approximate surface area is 84.4 Å². The molecule has 0 aromatic carbocycles. The molecule has 14 heavy (non-hydrogen) atoms. The van der Waals surface area contributed by atoms with Crippen molar-refractivity contribution in [2.75, 3.05) is 13.1 Å². The van der Waals surface area contributed by atoms with Crippen LogP contribution in [0, 0.1) is 5.92 Å². The highest BCUT2D eigenvalue weighted by molar-refractivity contribution is 5.82. The third-order valence-corrected chi connectivity index (χ3v) is 2.98. The van der Waals surface area contributed by atoms with Gasteiger partial charge in [0.15, 0.2) is 0 Å². The molecule has 0 spiro atoms. The molecule has 1 saturated heterocycles. The molecule has 0 aromatic rings. The molecule has 1 unspecified atom stereocenters. The Bertz CT molecular complexity index is 206. The van der Waals surface area contributed by atoms with Gasteiger partial charge < -0.3 is 10.6 Å². The third kappa shape index (κ3) is 2.44. The predicted octanol–water partition coefficient (Wildman–Crippen LogP) is 0.930. The average Bonchev–Trinajstić information content (AvgIpc) is 2.61. The van der Waals surface area contributed by atoms with Crippen LogP contribution in [-0.4, -0.2) is 36.1 Å². The summed E-state index contributed by atoms with van der Waals surface area (Å²) in [6.07, 6.45) is 0.474. The van der Waals surface area contributed by atoms with E-state index in [0.29, 0.717) is 13.0 Å². The first-order chi connectivity index (χ1) is 6.56. The van der Waals surface area contributed by atoms with Crippen LogP contribution in [0.2, 0.25) is 0 Å². The molecule has 0 bridgehead atoms. The van der Waals surface area contributed by atoms with Gasteiger partial charge >= 0.3 is 0 Å². The number of halogens is 1. The molecule has 2 N–H and O–H groups in total. The maximum atomic E-state index is 12.8. The highest BCUT2D eigenvalue weighted by atomic mass is 19.1. The van der Waals surface area contributed by atoms with Gasteiger partial charge in [0.05, 0.1) is 12.6 Å². The van der Waals surface area contributed by atoms with E-state index in [9.17, 15) is 9.18 Å². The summed E-state index contributed by atoms with van der Waals surface area (Å²) in [5, 5.41) is 0. The van der Waals surface area contributed by atoms with E-state index in [1.165, 1.54) is 0 Å². The molecule has 4 heteroatoms. The number of hydrogen-bond acceptors (Lipinski definition) is 2. The molecule has 1 aliphatic heterocycles. The van der Waals surface area contributed by atoms with Crippen molar-refractivity contribution in [3.05, 3.63) is 0 Å². The Kier molecular flexibility index (Phi) is 3.86. The summed E-state index contributed by atoms with van der Waals surface area (Å²) in [7, 11) is 0. The molecule has 3 atom stereocenters. The van der Waals surface area contributed by atoms with E-state index in [1.807, 2.05) is 13.8 Å². The molecule has 1 aliphatic rings. The van der Waals surface area contributed by atoms with Gasteiger partial charge in [-0.1, -0.05) is 20.3 Å². The van der Waals surface area contributed by atoms with Crippen LogP contribution in [0.1, 0.15) is 26.7 Å². The SMILES string of the molecule is CCC(C)[C@H](N)C(=O)N1CC[C@H](F)C1. The van der Waals surface area contributed by atoms with E-state index in [2.05, 4.69) is 0 Å². The smallest absolute Gasteiger partial charge is 0.239 e. The highest BCUT2D eigenvalue weighted by Gasteiger charge is 2.30. The van der Waals surface area contributed by atoms with Crippen molar-refractivity contribution in [1.82, 2.24) is 4.90 Å². The molecule has 0 aromatic heterocycles. The first-order valence-electron chi connectivity index (χ1n) is 5.24. The molecule has 1 amide bonds. The maximum Gasteiger partial charge on any atom is 0.239 e. The molecular formula is C10H19FN2O. The molecule has 82 valence electrons. The fraction of sp³-hybridized carbons (Fsp3) is 0.900. The summed E-state index contributed by atoms with van der Waals surface area (Å²) in [4.78, 5) is 13.3. The Morgan fingerprint density at radius 2 is 2.36 bits per heavy atom. The van der Waals surface area contributed by atoms with Crippen LogP contribution in [0.25, 0.3) is 0 Å². The van der Waals surface area contributed by atoms with E-state index in [-0.39, 0.29) is 18.4 Å². The van der Waals surface area contributed by atoms with Gasteiger partial charge in [0.25, 0.3) is 0 Å². The largest absolute Gasteiger partial charge is 0.338 e. The highest BCUT2D eigenvalue weighted by Crippen LogP contribution is 2.15. The first-order valence-corrected chi connectivity index (χ1v) is 5.24. The summed E-state index contributed by atoms with van der Waals surface area (Å²) in [6.45, 7) is 4.69. The van der Waals surface area contributed by atoms with Crippen LogP contribution in [0.5, 0.6) is 0 Å². The Morgan fingerprint density at radius 1 is 1.71 bits per heavy atom. The fourth-order valence-corrected chi connectivity index (χ4v) is 1.63. The standard InChI is InChI=1S/C10H19FN2O/c1-3-7(2)9(12)10(14)13-5-4-8(11)6-13/h7-9H,3-6,12H2,1-2H3/t7?,8-,9-/m0/s1. The number of nitrogens with zero attached hydrogens (tertiary/aromatic N) is 1. The molecule has 3 nitrogen and oxygen atoms in total. The molecule has 1 heterocycles. The number of rotatable bonds is 3. The second-order valence-electron chi connectivity index (χ2n) is 4.08. The normalized spacial score (nSPS) is 26.3. The quantitative estimate of drug-likeness (QED) is 0.740. The summed E-state index contributed by atoms with van der Waals surface area (Å²) in [6, 6.07) is -0.467. The van der Waals surface area contributed by atoms with E-state index in [0.717, 1.165) is 6.42 Å². The Hall–Kier alpha value is -0.640. The average molecular weight is 202 g/mol. The summed E-state index contributed by atoms with van der Waals surface area (Å²) >= 11 is 0. The van der Waals surface area contributed by atoms with Gasteiger partial charge in [0.2, 0.25) is 5.91 Å².